The summed E-state index contributed by atoms with van der Waals surface area (Å²) in [6, 6.07) is 11.6. The maximum absolute atomic E-state index is 12.7. The van der Waals surface area contributed by atoms with Gasteiger partial charge >= 0.3 is 5.97 Å². The van der Waals surface area contributed by atoms with Gasteiger partial charge in [-0.05, 0) is 68.4 Å². The van der Waals surface area contributed by atoms with Crippen molar-refractivity contribution in [1.82, 2.24) is 9.78 Å². The number of benzene rings is 2. The third-order valence-corrected chi connectivity index (χ3v) is 6.05. The second-order valence-electron chi connectivity index (χ2n) is 7.58. The highest BCUT2D eigenvalue weighted by atomic mass is 35.5. The number of fused-ring (bicyclic) bond motifs is 3. The van der Waals surface area contributed by atoms with Crippen molar-refractivity contribution in [2.45, 2.75) is 39.0 Å². The third-order valence-electron chi connectivity index (χ3n) is 5.51. The number of carbonyl (C=O) groups is 1. The van der Waals surface area contributed by atoms with E-state index in [1.54, 1.807) is 23.7 Å². The highest BCUT2D eigenvalue weighted by Gasteiger charge is 2.29. The molecular formula is C24H24Cl2N2O3. The predicted molar refractivity (Wildman–Crippen MR) is 122 cm³/mol. The van der Waals surface area contributed by atoms with Gasteiger partial charge in [0.05, 0.1) is 23.0 Å². The number of aliphatic hydroxyl groups excluding tert-OH is 1. The summed E-state index contributed by atoms with van der Waals surface area (Å²) in [6.07, 6.45) is 4.07. The van der Waals surface area contributed by atoms with E-state index in [0.717, 1.165) is 48.9 Å². The molecule has 0 amide bonds. The minimum Gasteiger partial charge on any atom is -0.461 e. The van der Waals surface area contributed by atoms with Crippen LogP contribution in [0, 0.1) is 0 Å². The van der Waals surface area contributed by atoms with Crippen LogP contribution >= 0.6 is 23.2 Å². The lowest BCUT2D eigenvalue weighted by atomic mass is 9.97. The van der Waals surface area contributed by atoms with Gasteiger partial charge in [-0.25, -0.2) is 9.48 Å². The van der Waals surface area contributed by atoms with Crippen molar-refractivity contribution in [2.24, 2.45) is 0 Å². The molecule has 7 heteroatoms. The number of aromatic nitrogens is 2. The van der Waals surface area contributed by atoms with Gasteiger partial charge in [0, 0.05) is 22.8 Å². The molecule has 0 saturated heterocycles. The van der Waals surface area contributed by atoms with Crippen LogP contribution in [0.15, 0.2) is 36.4 Å². The van der Waals surface area contributed by atoms with Crippen molar-refractivity contribution in [3.8, 4) is 16.9 Å². The Kier molecular flexibility index (Phi) is 6.65. The van der Waals surface area contributed by atoms with Gasteiger partial charge in [-0.15, -0.1) is 0 Å². The average molecular weight is 459 g/mol. The number of carbonyl (C=O) groups excluding carboxylic acids is 1. The lowest BCUT2D eigenvalue weighted by Crippen LogP contribution is -2.09. The van der Waals surface area contributed by atoms with E-state index in [4.69, 9.17) is 27.9 Å². The van der Waals surface area contributed by atoms with E-state index in [0.29, 0.717) is 21.4 Å². The van der Waals surface area contributed by atoms with Crippen LogP contribution in [0.25, 0.3) is 16.9 Å². The molecule has 0 fully saturated rings. The maximum atomic E-state index is 12.7. The van der Waals surface area contributed by atoms with Crippen LogP contribution < -0.4 is 0 Å². The van der Waals surface area contributed by atoms with E-state index in [2.05, 4.69) is 23.3 Å². The minimum atomic E-state index is -0.425. The maximum Gasteiger partial charge on any atom is 0.359 e. The Hall–Kier alpha value is -2.34. The highest BCUT2D eigenvalue weighted by Crippen LogP contribution is 2.38. The quantitative estimate of drug-likeness (QED) is 0.499. The summed E-state index contributed by atoms with van der Waals surface area (Å²) < 4.78 is 7.04. The summed E-state index contributed by atoms with van der Waals surface area (Å²) in [5, 5.41) is 14.8. The molecule has 0 unspecified atom stereocenters. The Morgan fingerprint density at radius 3 is 2.77 bits per heavy atom. The molecule has 0 radical (unpaired) electrons. The van der Waals surface area contributed by atoms with Crippen LogP contribution in [0.2, 0.25) is 10.0 Å². The van der Waals surface area contributed by atoms with Crippen LogP contribution in [0.4, 0.5) is 0 Å². The van der Waals surface area contributed by atoms with Gasteiger partial charge in [0.15, 0.2) is 5.69 Å². The van der Waals surface area contributed by atoms with Gasteiger partial charge in [0.25, 0.3) is 0 Å². The van der Waals surface area contributed by atoms with Crippen molar-refractivity contribution in [1.29, 1.82) is 0 Å². The fraction of sp³-hybridized carbons (Fsp3) is 0.333. The number of hydrogen-bond acceptors (Lipinski definition) is 4. The van der Waals surface area contributed by atoms with Gasteiger partial charge in [-0.3, -0.25) is 0 Å². The summed E-state index contributed by atoms with van der Waals surface area (Å²) in [5.74, 6) is -0.425. The molecule has 2 aromatic carbocycles. The molecule has 1 N–H and O–H groups in total. The number of nitrogens with zero attached hydrogens (tertiary/aromatic N) is 2. The Morgan fingerprint density at radius 2 is 2.03 bits per heavy atom. The fourth-order valence-corrected chi connectivity index (χ4v) is 4.62. The molecule has 0 bridgehead atoms. The second kappa shape index (κ2) is 9.43. The topological polar surface area (TPSA) is 64.3 Å². The molecular weight excluding hydrogens is 435 g/mol. The first kappa shape index (κ1) is 21.9. The minimum absolute atomic E-state index is 0.173. The van der Waals surface area contributed by atoms with E-state index >= 15 is 0 Å². The van der Waals surface area contributed by atoms with Crippen molar-refractivity contribution in [2.75, 3.05) is 13.2 Å². The number of ether oxygens (including phenoxy) is 1. The van der Waals surface area contributed by atoms with E-state index in [1.807, 2.05) is 6.07 Å². The smallest absolute Gasteiger partial charge is 0.359 e. The third kappa shape index (κ3) is 4.36. The number of halogens is 2. The Balaban J connectivity index is 1.93. The molecule has 1 aliphatic carbocycles. The SMILES string of the molecule is CCOC(=O)c1nn(-c2ccc(Cl)cc2Cl)c2c1CCCc1cc(CCCO)ccc1-2. The Labute approximate surface area is 191 Å². The zero-order chi connectivity index (χ0) is 22.0. The first-order valence-electron chi connectivity index (χ1n) is 10.5. The summed E-state index contributed by atoms with van der Waals surface area (Å²) in [7, 11) is 0. The molecule has 0 atom stereocenters. The first-order chi connectivity index (χ1) is 15.0. The molecule has 5 nitrogen and oxygen atoms in total. The lowest BCUT2D eigenvalue weighted by Gasteiger charge is -2.14. The lowest BCUT2D eigenvalue weighted by molar-refractivity contribution is 0.0517. The van der Waals surface area contributed by atoms with Crippen molar-refractivity contribution >= 4 is 29.2 Å². The molecule has 1 aliphatic rings. The molecule has 1 heterocycles. The Bertz CT molecular complexity index is 1120. The van der Waals surface area contributed by atoms with Crippen LogP contribution in [-0.4, -0.2) is 34.1 Å². The molecule has 0 aliphatic heterocycles. The number of esters is 1. The van der Waals surface area contributed by atoms with Gasteiger partial charge < -0.3 is 9.84 Å². The van der Waals surface area contributed by atoms with Crippen LogP contribution in [0.5, 0.6) is 0 Å². The summed E-state index contributed by atoms with van der Waals surface area (Å²) in [4.78, 5) is 12.7. The fourth-order valence-electron chi connectivity index (χ4n) is 4.13. The predicted octanol–water partition coefficient (Wildman–Crippen LogP) is 5.44. The van der Waals surface area contributed by atoms with Gasteiger partial charge in [-0.1, -0.05) is 41.4 Å². The van der Waals surface area contributed by atoms with Crippen LogP contribution in [0.1, 0.15) is 46.9 Å². The zero-order valence-electron chi connectivity index (χ0n) is 17.3. The van der Waals surface area contributed by atoms with E-state index in [1.165, 1.54) is 11.1 Å². The molecule has 3 aromatic rings. The number of hydrogen-bond donors (Lipinski definition) is 1. The van der Waals surface area contributed by atoms with Gasteiger partial charge in [0.2, 0.25) is 0 Å². The second-order valence-corrected chi connectivity index (χ2v) is 8.42. The summed E-state index contributed by atoms with van der Waals surface area (Å²) in [5.41, 5.74) is 6.18. The largest absolute Gasteiger partial charge is 0.461 e. The van der Waals surface area contributed by atoms with E-state index in [-0.39, 0.29) is 13.2 Å². The monoisotopic (exact) mass is 458 g/mol. The van der Waals surface area contributed by atoms with Gasteiger partial charge in [-0.2, -0.15) is 5.10 Å². The summed E-state index contributed by atoms with van der Waals surface area (Å²) >= 11 is 12.6. The van der Waals surface area contributed by atoms with Crippen LogP contribution in [0.3, 0.4) is 0 Å². The molecule has 1 aromatic heterocycles. The molecule has 31 heavy (non-hydrogen) atoms. The van der Waals surface area contributed by atoms with E-state index < -0.39 is 5.97 Å². The van der Waals surface area contributed by atoms with E-state index in [9.17, 15) is 9.90 Å². The number of rotatable bonds is 6. The summed E-state index contributed by atoms with van der Waals surface area (Å²) in [6.45, 7) is 2.24. The number of aliphatic hydroxyl groups is 1. The molecule has 4 rings (SSSR count). The van der Waals surface area contributed by atoms with Crippen molar-refractivity contribution < 1.29 is 14.6 Å². The normalized spacial score (nSPS) is 12.8. The van der Waals surface area contributed by atoms with Gasteiger partial charge in [0.1, 0.15) is 0 Å². The molecule has 0 saturated carbocycles. The Morgan fingerprint density at radius 1 is 1.19 bits per heavy atom. The highest BCUT2D eigenvalue weighted by molar-refractivity contribution is 6.35. The van der Waals surface area contributed by atoms with Crippen molar-refractivity contribution in [3.05, 3.63) is 68.8 Å². The van der Waals surface area contributed by atoms with Crippen molar-refractivity contribution in [3.63, 3.8) is 0 Å². The average Bonchev–Trinajstić information content (AvgIpc) is 3.01. The zero-order valence-corrected chi connectivity index (χ0v) is 18.8. The standard InChI is InChI=1S/C24H24Cl2N2O3/c1-2-31-24(30)22-19-7-3-6-16-13-15(5-4-12-29)8-10-18(16)23(19)28(27-22)21-11-9-17(25)14-20(21)26/h8-11,13-14,29H,2-7,12H2,1H3. The number of aryl methyl sites for hydroxylation is 2. The van der Waals surface area contributed by atoms with Crippen LogP contribution in [-0.2, 0) is 24.0 Å². The first-order valence-corrected chi connectivity index (χ1v) is 11.3. The molecule has 162 valence electrons. The molecule has 0 spiro atoms.